The molecule has 116 valence electrons. The van der Waals surface area contributed by atoms with E-state index in [-0.39, 0.29) is 16.8 Å². The van der Waals surface area contributed by atoms with Crippen molar-refractivity contribution < 1.29 is 19.5 Å². The highest BCUT2D eigenvalue weighted by Gasteiger charge is 2.17. The number of ether oxygens (including phenoxy) is 1. The first-order valence-corrected chi connectivity index (χ1v) is 7.22. The molecule has 0 fully saturated rings. The van der Waals surface area contributed by atoms with Crippen LogP contribution in [-0.4, -0.2) is 29.1 Å². The highest BCUT2D eigenvalue weighted by Crippen LogP contribution is 2.20. The largest absolute Gasteiger partial charge is 0.497 e. The molecule has 0 spiro atoms. The molecular formula is C14H15N3O4S. The van der Waals surface area contributed by atoms with Crippen molar-refractivity contribution in [3.8, 4) is 5.75 Å². The molecule has 0 aliphatic rings. The Balaban J connectivity index is 2.04. The van der Waals surface area contributed by atoms with E-state index >= 15 is 0 Å². The Morgan fingerprint density at radius 2 is 1.95 bits per heavy atom. The first-order valence-electron chi connectivity index (χ1n) is 6.40. The van der Waals surface area contributed by atoms with Gasteiger partial charge in [-0.05, 0) is 31.2 Å². The maximum Gasteiger partial charge on any atom is 0.286 e. The second-order valence-electron chi connectivity index (χ2n) is 4.43. The Bertz CT molecular complexity index is 669. The molecule has 0 saturated heterocycles. The fraction of sp³-hybridized carbons (Fsp3) is 0.214. The summed E-state index contributed by atoms with van der Waals surface area (Å²) in [6.45, 7) is 1.76. The molecule has 1 aromatic heterocycles. The quantitative estimate of drug-likeness (QED) is 0.575. The van der Waals surface area contributed by atoms with Crippen LogP contribution in [0.5, 0.6) is 5.75 Å². The lowest BCUT2D eigenvalue weighted by Gasteiger charge is -2.11. The second-order valence-corrected chi connectivity index (χ2v) is 5.49. The highest BCUT2D eigenvalue weighted by molar-refractivity contribution is 7.13. The molecule has 2 rings (SSSR count). The number of amides is 2. The van der Waals surface area contributed by atoms with Crippen molar-refractivity contribution in [2.45, 2.75) is 13.0 Å². The predicted octanol–water partition coefficient (Wildman–Crippen LogP) is 1.76. The van der Waals surface area contributed by atoms with Gasteiger partial charge >= 0.3 is 0 Å². The van der Waals surface area contributed by atoms with E-state index in [1.165, 1.54) is 6.20 Å². The van der Waals surface area contributed by atoms with E-state index in [2.05, 4.69) is 10.3 Å². The van der Waals surface area contributed by atoms with Crippen molar-refractivity contribution >= 4 is 23.2 Å². The molecule has 1 heterocycles. The molecule has 0 aliphatic heterocycles. The summed E-state index contributed by atoms with van der Waals surface area (Å²) in [5.74, 6) is -0.208. The molecule has 0 radical (unpaired) electrons. The number of benzene rings is 1. The van der Waals surface area contributed by atoms with Crippen LogP contribution >= 0.6 is 11.3 Å². The van der Waals surface area contributed by atoms with Gasteiger partial charge < -0.3 is 10.1 Å². The molecule has 1 atom stereocenters. The number of hydroxylamine groups is 1. The Labute approximate surface area is 130 Å². The summed E-state index contributed by atoms with van der Waals surface area (Å²) < 4.78 is 5.04. The normalized spacial score (nSPS) is 11.6. The lowest BCUT2D eigenvalue weighted by atomic mass is 10.2. The standard InChI is InChI=1S/C14H15N3O4S/c1-8(14-15-7-11(22-14)13(19)17-20)16-12(18)9-3-5-10(21-2)6-4-9/h3-8,20H,1-2H3,(H,16,18)(H,17,19)/t8-/m1/s1. The maximum atomic E-state index is 12.1. The van der Waals surface area contributed by atoms with Crippen molar-refractivity contribution in [1.29, 1.82) is 0 Å². The SMILES string of the molecule is COc1ccc(C(=O)N[C@H](C)c2ncc(C(=O)NO)s2)cc1. The smallest absolute Gasteiger partial charge is 0.286 e. The average molecular weight is 321 g/mol. The Morgan fingerprint density at radius 1 is 1.27 bits per heavy atom. The number of hydrogen-bond donors (Lipinski definition) is 3. The first-order chi connectivity index (χ1) is 10.5. The van der Waals surface area contributed by atoms with Crippen LogP contribution in [0.25, 0.3) is 0 Å². The molecule has 1 aromatic carbocycles. The van der Waals surface area contributed by atoms with Gasteiger partial charge in [-0.3, -0.25) is 14.8 Å². The van der Waals surface area contributed by atoms with Gasteiger partial charge in [-0.15, -0.1) is 11.3 Å². The number of methoxy groups -OCH3 is 1. The average Bonchev–Trinajstić information content (AvgIpc) is 3.04. The number of nitrogens with zero attached hydrogens (tertiary/aromatic N) is 1. The lowest BCUT2D eigenvalue weighted by Crippen LogP contribution is -2.26. The molecule has 0 aliphatic carbocycles. The summed E-state index contributed by atoms with van der Waals surface area (Å²) in [5.41, 5.74) is 2.04. The topological polar surface area (TPSA) is 101 Å². The highest BCUT2D eigenvalue weighted by atomic mass is 32.1. The van der Waals surface area contributed by atoms with E-state index in [0.717, 1.165) is 11.3 Å². The lowest BCUT2D eigenvalue weighted by molar-refractivity contribution is 0.0710. The van der Waals surface area contributed by atoms with E-state index in [9.17, 15) is 9.59 Å². The van der Waals surface area contributed by atoms with Gasteiger partial charge in [0.2, 0.25) is 0 Å². The molecule has 0 unspecified atom stereocenters. The van der Waals surface area contributed by atoms with Crippen molar-refractivity contribution in [2.24, 2.45) is 0 Å². The third-order valence-corrected chi connectivity index (χ3v) is 4.10. The van der Waals surface area contributed by atoms with Crippen LogP contribution in [-0.2, 0) is 0 Å². The van der Waals surface area contributed by atoms with Gasteiger partial charge in [-0.1, -0.05) is 0 Å². The molecule has 7 nitrogen and oxygen atoms in total. The number of carbonyl (C=O) groups excluding carboxylic acids is 2. The van der Waals surface area contributed by atoms with Gasteiger partial charge in [0.1, 0.15) is 15.6 Å². The number of rotatable bonds is 5. The molecular weight excluding hydrogens is 306 g/mol. The zero-order chi connectivity index (χ0) is 16.1. The van der Waals surface area contributed by atoms with Crippen LogP contribution < -0.4 is 15.5 Å². The summed E-state index contributed by atoms with van der Waals surface area (Å²) in [6, 6.07) is 6.36. The minimum Gasteiger partial charge on any atom is -0.497 e. The van der Waals surface area contributed by atoms with Crippen LogP contribution in [0.2, 0.25) is 0 Å². The fourth-order valence-electron chi connectivity index (χ4n) is 1.73. The zero-order valence-electron chi connectivity index (χ0n) is 12.0. The summed E-state index contributed by atoms with van der Waals surface area (Å²) in [5, 5.41) is 11.9. The zero-order valence-corrected chi connectivity index (χ0v) is 12.8. The van der Waals surface area contributed by atoms with E-state index in [4.69, 9.17) is 9.94 Å². The minimum atomic E-state index is -0.627. The molecule has 2 amide bonds. The van der Waals surface area contributed by atoms with Crippen molar-refractivity contribution in [3.63, 3.8) is 0 Å². The second kappa shape index (κ2) is 7.01. The third-order valence-electron chi connectivity index (χ3n) is 2.92. The number of hydrogen-bond acceptors (Lipinski definition) is 6. The van der Waals surface area contributed by atoms with Crippen molar-refractivity contribution in [3.05, 3.63) is 45.9 Å². The van der Waals surface area contributed by atoms with Crippen LogP contribution in [0.15, 0.2) is 30.5 Å². The van der Waals surface area contributed by atoms with Crippen LogP contribution in [0.4, 0.5) is 0 Å². The van der Waals surface area contributed by atoms with E-state index < -0.39 is 5.91 Å². The molecule has 3 N–H and O–H groups in total. The van der Waals surface area contributed by atoms with Gasteiger partial charge in [0, 0.05) is 5.56 Å². The number of carbonyl (C=O) groups is 2. The number of nitrogens with one attached hydrogen (secondary N) is 2. The van der Waals surface area contributed by atoms with E-state index in [0.29, 0.717) is 16.3 Å². The summed E-state index contributed by atoms with van der Waals surface area (Å²) in [6.07, 6.45) is 1.35. The van der Waals surface area contributed by atoms with Crippen molar-refractivity contribution in [2.75, 3.05) is 7.11 Å². The summed E-state index contributed by atoms with van der Waals surface area (Å²) in [7, 11) is 1.56. The third kappa shape index (κ3) is 3.60. The van der Waals surface area contributed by atoms with Gasteiger partial charge in [0.15, 0.2) is 0 Å². The summed E-state index contributed by atoms with van der Waals surface area (Å²) >= 11 is 1.10. The van der Waals surface area contributed by atoms with Crippen molar-refractivity contribution in [1.82, 2.24) is 15.8 Å². The first kappa shape index (κ1) is 15.9. The Hall–Kier alpha value is -2.45. The van der Waals surface area contributed by atoms with Crippen LogP contribution in [0.3, 0.4) is 0 Å². The van der Waals surface area contributed by atoms with E-state index in [1.807, 2.05) is 0 Å². The summed E-state index contributed by atoms with van der Waals surface area (Å²) in [4.78, 5) is 27.7. The molecule has 22 heavy (non-hydrogen) atoms. The molecule has 0 saturated carbocycles. The monoisotopic (exact) mass is 321 g/mol. The van der Waals surface area contributed by atoms with Gasteiger partial charge in [-0.2, -0.15) is 0 Å². The Morgan fingerprint density at radius 3 is 2.55 bits per heavy atom. The minimum absolute atomic E-state index is 0.251. The van der Waals surface area contributed by atoms with E-state index in [1.54, 1.807) is 43.8 Å². The van der Waals surface area contributed by atoms with Crippen LogP contribution in [0.1, 0.15) is 38.0 Å². The van der Waals surface area contributed by atoms with Crippen LogP contribution in [0, 0.1) is 0 Å². The number of thiazole rings is 1. The Kier molecular flexibility index (Phi) is 5.08. The maximum absolute atomic E-state index is 12.1. The number of aromatic nitrogens is 1. The van der Waals surface area contributed by atoms with Gasteiger partial charge in [0.05, 0.1) is 19.3 Å². The van der Waals surface area contributed by atoms with Gasteiger partial charge in [0.25, 0.3) is 11.8 Å². The molecule has 8 heteroatoms. The van der Waals surface area contributed by atoms with Gasteiger partial charge in [-0.25, -0.2) is 10.5 Å². The fourth-order valence-corrected chi connectivity index (χ4v) is 2.54. The molecule has 0 bridgehead atoms. The predicted molar refractivity (Wildman–Crippen MR) is 80.2 cm³/mol. The molecule has 2 aromatic rings.